The molecule has 4 rings (SSSR count). The Bertz CT molecular complexity index is 1070. The van der Waals surface area contributed by atoms with Gasteiger partial charge in [0.05, 0.1) is 28.6 Å². The summed E-state index contributed by atoms with van der Waals surface area (Å²) >= 11 is 0. The first-order chi connectivity index (χ1) is 13.2. The van der Waals surface area contributed by atoms with Crippen molar-refractivity contribution in [1.29, 1.82) is 5.26 Å². The Morgan fingerprint density at radius 3 is 2.96 bits per heavy atom. The molecule has 1 aliphatic heterocycles. The van der Waals surface area contributed by atoms with Crippen LogP contribution >= 0.6 is 0 Å². The van der Waals surface area contributed by atoms with Gasteiger partial charge in [0.25, 0.3) is 5.69 Å². The Labute approximate surface area is 154 Å². The molecule has 0 amide bonds. The first-order valence-electron chi connectivity index (χ1n) is 8.80. The van der Waals surface area contributed by atoms with Gasteiger partial charge in [-0.3, -0.25) is 10.1 Å². The number of aromatic nitrogens is 4. The van der Waals surface area contributed by atoms with E-state index >= 15 is 0 Å². The van der Waals surface area contributed by atoms with E-state index in [1.165, 1.54) is 18.6 Å². The Kier molecular flexibility index (Phi) is 4.38. The van der Waals surface area contributed by atoms with Crippen LogP contribution in [0.15, 0.2) is 24.3 Å². The quantitative estimate of drug-likeness (QED) is 0.558. The third-order valence-electron chi connectivity index (χ3n) is 4.74. The van der Waals surface area contributed by atoms with Crippen molar-refractivity contribution in [2.45, 2.75) is 38.8 Å². The molecule has 0 saturated heterocycles. The van der Waals surface area contributed by atoms with Crippen LogP contribution in [0.4, 0.5) is 11.5 Å². The lowest BCUT2D eigenvalue weighted by atomic mass is 10.1. The van der Waals surface area contributed by atoms with Gasteiger partial charge in [0.2, 0.25) is 0 Å². The maximum Gasteiger partial charge on any atom is 0.270 e. The van der Waals surface area contributed by atoms with Gasteiger partial charge in [-0.2, -0.15) is 5.26 Å². The van der Waals surface area contributed by atoms with Crippen LogP contribution in [0.1, 0.15) is 36.5 Å². The summed E-state index contributed by atoms with van der Waals surface area (Å²) in [7, 11) is 0. The molecule has 9 heteroatoms. The van der Waals surface area contributed by atoms with Crippen LogP contribution in [-0.4, -0.2) is 24.7 Å². The lowest BCUT2D eigenvalue weighted by Crippen LogP contribution is -2.11. The number of rotatable bonds is 4. The molecule has 27 heavy (non-hydrogen) atoms. The van der Waals surface area contributed by atoms with Crippen LogP contribution in [-0.2, 0) is 19.5 Å². The fraction of sp³-hybridized carbons (Fsp3) is 0.333. The lowest BCUT2D eigenvalue weighted by Gasteiger charge is -2.10. The van der Waals surface area contributed by atoms with Gasteiger partial charge in [-0.1, -0.05) is 6.42 Å². The molecule has 0 saturated carbocycles. The van der Waals surface area contributed by atoms with E-state index in [0.29, 0.717) is 28.8 Å². The van der Waals surface area contributed by atoms with Crippen molar-refractivity contribution >= 4 is 22.4 Å². The molecule has 3 heterocycles. The number of aryl methyl sites for hydroxylation is 1. The SMILES string of the molecule is N#Cc1cc(NCc2nnc3n2CCCCC3)nc2ccc([N+](=O)[O-])cc12. The second kappa shape index (κ2) is 6.99. The number of fused-ring (bicyclic) bond motifs is 2. The Morgan fingerprint density at radius 2 is 2.15 bits per heavy atom. The maximum atomic E-state index is 11.0. The first-order valence-corrected chi connectivity index (χ1v) is 8.80. The molecule has 3 aromatic rings. The third kappa shape index (κ3) is 3.29. The average molecular weight is 363 g/mol. The van der Waals surface area contributed by atoms with Gasteiger partial charge in [-0.25, -0.2) is 4.98 Å². The smallest absolute Gasteiger partial charge is 0.270 e. The van der Waals surface area contributed by atoms with Gasteiger partial charge >= 0.3 is 0 Å². The molecule has 2 aromatic heterocycles. The summed E-state index contributed by atoms with van der Waals surface area (Å²) in [4.78, 5) is 15.0. The number of benzene rings is 1. The number of hydrogen-bond donors (Lipinski definition) is 1. The van der Waals surface area contributed by atoms with Crippen LogP contribution in [0.3, 0.4) is 0 Å². The van der Waals surface area contributed by atoms with Crippen molar-refractivity contribution in [3.05, 3.63) is 51.6 Å². The van der Waals surface area contributed by atoms with Gasteiger partial charge in [0, 0.05) is 30.5 Å². The summed E-state index contributed by atoms with van der Waals surface area (Å²) < 4.78 is 2.15. The molecule has 0 radical (unpaired) electrons. The fourth-order valence-corrected chi connectivity index (χ4v) is 3.36. The minimum Gasteiger partial charge on any atom is -0.363 e. The molecule has 1 aromatic carbocycles. The van der Waals surface area contributed by atoms with E-state index in [0.717, 1.165) is 37.5 Å². The van der Waals surface area contributed by atoms with E-state index in [-0.39, 0.29) is 5.69 Å². The van der Waals surface area contributed by atoms with Crippen LogP contribution in [0.2, 0.25) is 0 Å². The zero-order valence-corrected chi connectivity index (χ0v) is 14.6. The largest absolute Gasteiger partial charge is 0.363 e. The normalized spacial score (nSPS) is 13.6. The number of hydrogen-bond acceptors (Lipinski definition) is 7. The summed E-state index contributed by atoms with van der Waals surface area (Å²) in [5, 5.41) is 32.6. The summed E-state index contributed by atoms with van der Waals surface area (Å²) in [6.07, 6.45) is 4.39. The molecule has 0 bridgehead atoms. The number of anilines is 1. The molecule has 136 valence electrons. The highest BCUT2D eigenvalue weighted by molar-refractivity contribution is 5.88. The minimum atomic E-state index is -0.482. The van der Waals surface area contributed by atoms with Crippen molar-refractivity contribution in [3.8, 4) is 6.07 Å². The molecular weight excluding hydrogens is 346 g/mol. The number of non-ortho nitro benzene ring substituents is 1. The van der Waals surface area contributed by atoms with Gasteiger partial charge < -0.3 is 9.88 Å². The standard InChI is InChI=1S/C18H17N7O2/c19-10-12-8-16(21-15-6-5-13(25(26)27)9-14(12)15)20-11-18-23-22-17-4-2-1-3-7-24(17)18/h5-6,8-9H,1-4,7,11H2,(H,20,21). The Hall–Kier alpha value is -3.54. The third-order valence-corrected chi connectivity index (χ3v) is 4.74. The highest BCUT2D eigenvalue weighted by Crippen LogP contribution is 2.25. The molecule has 0 aliphatic carbocycles. The summed E-state index contributed by atoms with van der Waals surface area (Å²) in [5.74, 6) is 2.38. The second-order valence-electron chi connectivity index (χ2n) is 6.47. The van der Waals surface area contributed by atoms with Crippen LogP contribution in [0.25, 0.3) is 10.9 Å². The fourth-order valence-electron chi connectivity index (χ4n) is 3.36. The van der Waals surface area contributed by atoms with Crippen LogP contribution < -0.4 is 5.32 Å². The van der Waals surface area contributed by atoms with Crippen molar-refractivity contribution in [2.75, 3.05) is 5.32 Å². The first kappa shape index (κ1) is 16.9. The van der Waals surface area contributed by atoms with Gasteiger partial charge in [0.1, 0.15) is 11.6 Å². The summed E-state index contributed by atoms with van der Waals surface area (Å²) in [6, 6.07) is 8.02. The Morgan fingerprint density at radius 1 is 1.26 bits per heavy atom. The highest BCUT2D eigenvalue weighted by Gasteiger charge is 2.15. The molecule has 0 spiro atoms. The van der Waals surface area contributed by atoms with E-state index in [9.17, 15) is 15.4 Å². The summed E-state index contributed by atoms with van der Waals surface area (Å²) in [6.45, 7) is 1.36. The van der Waals surface area contributed by atoms with E-state index in [1.54, 1.807) is 12.1 Å². The highest BCUT2D eigenvalue weighted by atomic mass is 16.6. The van der Waals surface area contributed by atoms with Crippen molar-refractivity contribution in [2.24, 2.45) is 0 Å². The minimum absolute atomic E-state index is 0.0623. The number of nitrogens with one attached hydrogen (secondary N) is 1. The van der Waals surface area contributed by atoms with Gasteiger partial charge in [-0.15, -0.1) is 10.2 Å². The second-order valence-corrected chi connectivity index (χ2v) is 6.47. The maximum absolute atomic E-state index is 11.0. The van der Waals surface area contributed by atoms with Crippen molar-refractivity contribution in [3.63, 3.8) is 0 Å². The van der Waals surface area contributed by atoms with Crippen molar-refractivity contribution < 1.29 is 4.92 Å². The van der Waals surface area contributed by atoms with E-state index < -0.39 is 4.92 Å². The average Bonchev–Trinajstić information content (AvgIpc) is 2.91. The number of nitro groups is 1. The molecule has 1 aliphatic rings. The molecule has 0 atom stereocenters. The zero-order chi connectivity index (χ0) is 18.8. The van der Waals surface area contributed by atoms with E-state index in [2.05, 4.69) is 31.1 Å². The van der Waals surface area contributed by atoms with Gasteiger partial charge in [-0.05, 0) is 25.0 Å². The number of pyridine rings is 1. The molecule has 1 N–H and O–H groups in total. The van der Waals surface area contributed by atoms with Crippen LogP contribution in [0, 0.1) is 21.4 Å². The van der Waals surface area contributed by atoms with Crippen molar-refractivity contribution in [1.82, 2.24) is 19.7 Å². The monoisotopic (exact) mass is 363 g/mol. The zero-order valence-electron chi connectivity index (χ0n) is 14.6. The van der Waals surface area contributed by atoms with E-state index in [1.807, 2.05) is 0 Å². The van der Waals surface area contributed by atoms with Crippen LogP contribution in [0.5, 0.6) is 0 Å². The predicted octanol–water partition coefficient (Wildman–Crippen LogP) is 2.94. The van der Waals surface area contributed by atoms with E-state index in [4.69, 9.17) is 0 Å². The number of nitrogens with zero attached hydrogens (tertiary/aromatic N) is 6. The Balaban J connectivity index is 1.61. The number of nitriles is 1. The summed E-state index contributed by atoms with van der Waals surface area (Å²) in [5.41, 5.74) is 0.807. The lowest BCUT2D eigenvalue weighted by molar-refractivity contribution is -0.384. The molecule has 0 fully saturated rings. The predicted molar refractivity (Wildman–Crippen MR) is 98.0 cm³/mol. The van der Waals surface area contributed by atoms with Gasteiger partial charge in [0.15, 0.2) is 5.82 Å². The molecular formula is C18H17N7O2. The topological polar surface area (TPSA) is 123 Å². The molecule has 0 unspecified atom stereocenters. The number of nitro benzene ring substituents is 1. The molecule has 9 nitrogen and oxygen atoms in total.